The number of carbonyl (C=O) groups excluding carboxylic acids is 1. The summed E-state index contributed by atoms with van der Waals surface area (Å²) in [7, 11) is 0. The Morgan fingerprint density at radius 3 is 2.59 bits per heavy atom. The highest BCUT2D eigenvalue weighted by molar-refractivity contribution is 5.68. The van der Waals surface area contributed by atoms with Crippen molar-refractivity contribution in [2.24, 2.45) is 5.92 Å². The first kappa shape index (κ1) is 17.5. The molecule has 0 aromatic heterocycles. The van der Waals surface area contributed by atoms with Crippen molar-refractivity contribution in [3.8, 4) is 0 Å². The Morgan fingerprint density at radius 2 is 1.95 bits per heavy atom. The molecule has 2 aliphatic rings. The quantitative estimate of drug-likeness (QED) is 0.851. The van der Waals surface area contributed by atoms with Crippen LogP contribution in [0.2, 0.25) is 0 Å². The summed E-state index contributed by atoms with van der Waals surface area (Å²) < 4.78 is 10.8. The monoisotopic (exact) mass is 314 g/mol. The first-order valence-corrected chi connectivity index (χ1v) is 8.31. The van der Waals surface area contributed by atoms with Crippen molar-refractivity contribution in [2.75, 3.05) is 45.9 Å². The summed E-state index contributed by atoms with van der Waals surface area (Å²) >= 11 is 0. The van der Waals surface area contributed by atoms with Crippen molar-refractivity contribution in [1.29, 1.82) is 0 Å². The molecular weight excluding hydrogens is 284 g/mol. The first-order chi connectivity index (χ1) is 10.3. The van der Waals surface area contributed by atoms with Gasteiger partial charge < -0.3 is 19.5 Å². The fourth-order valence-corrected chi connectivity index (χ4v) is 2.97. The van der Waals surface area contributed by atoms with Gasteiger partial charge in [-0.25, -0.2) is 4.79 Å². The lowest BCUT2D eigenvalue weighted by molar-refractivity contribution is -0.0153. The fourth-order valence-electron chi connectivity index (χ4n) is 2.97. The number of nitrogens with zero attached hydrogens (tertiary/aromatic N) is 2. The molecule has 1 N–H and O–H groups in total. The summed E-state index contributed by atoms with van der Waals surface area (Å²) in [5.41, 5.74) is -0.476. The van der Waals surface area contributed by atoms with E-state index >= 15 is 0 Å². The van der Waals surface area contributed by atoms with Gasteiger partial charge in [0.15, 0.2) is 0 Å². The summed E-state index contributed by atoms with van der Waals surface area (Å²) in [6, 6.07) is 0. The van der Waals surface area contributed by atoms with Crippen molar-refractivity contribution in [3.05, 3.63) is 0 Å². The van der Waals surface area contributed by atoms with Crippen LogP contribution in [0.25, 0.3) is 0 Å². The molecule has 2 heterocycles. The second-order valence-electron chi connectivity index (χ2n) is 7.29. The van der Waals surface area contributed by atoms with Crippen LogP contribution in [0.3, 0.4) is 0 Å². The molecule has 0 spiro atoms. The molecule has 0 aliphatic carbocycles. The Kier molecular flexibility index (Phi) is 6.06. The SMILES string of the molecule is CC(C)(C)OC(=O)N1CCC(O)C(CCN2CCOCC2)C1. The van der Waals surface area contributed by atoms with Gasteiger partial charge in [0.05, 0.1) is 19.3 Å². The minimum atomic E-state index is -0.476. The molecule has 0 aromatic rings. The van der Waals surface area contributed by atoms with Gasteiger partial charge in [-0.2, -0.15) is 0 Å². The van der Waals surface area contributed by atoms with Gasteiger partial charge in [-0.1, -0.05) is 0 Å². The van der Waals surface area contributed by atoms with Crippen LogP contribution in [0, 0.1) is 5.92 Å². The van der Waals surface area contributed by atoms with Crippen molar-refractivity contribution in [2.45, 2.75) is 45.3 Å². The zero-order valence-electron chi connectivity index (χ0n) is 14.1. The molecular formula is C16H30N2O4. The highest BCUT2D eigenvalue weighted by Gasteiger charge is 2.32. The van der Waals surface area contributed by atoms with E-state index in [0.717, 1.165) is 39.3 Å². The van der Waals surface area contributed by atoms with E-state index in [4.69, 9.17) is 9.47 Å². The Morgan fingerprint density at radius 1 is 1.27 bits per heavy atom. The van der Waals surface area contributed by atoms with Gasteiger partial charge in [0.1, 0.15) is 5.60 Å². The minimum Gasteiger partial charge on any atom is -0.444 e. The number of amides is 1. The number of likely N-dealkylation sites (tertiary alicyclic amines) is 1. The molecule has 6 nitrogen and oxygen atoms in total. The highest BCUT2D eigenvalue weighted by atomic mass is 16.6. The number of carbonyl (C=O) groups is 1. The van der Waals surface area contributed by atoms with Gasteiger partial charge in [-0.3, -0.25) is 4.90 Å². The summed E-state index contributed by atoms with van der Waals surface area (Å²) in [4.78, 5) is 16.3. The average molecular weight is 314 g/mol. The zero-order valence-corrected chi connectivity index (χ0v) is 14.1. The molecule has 1 amide bonds. The number of aliphatic hydroxyl groups is 1. The zero-order chi connectivity index (χ0) is 16.2. The lowest BCUT2D eigenvalue weighted by Crippen LogP contribution is -2.48. The van der Waals surface area contributed by atoms with Gasteiger partial charge in [-0.15, -0.1) is 0 Å². The number of hydrogen-bond acceptors (Lipinski definition) is 5. The lowest BCUT2D eigenvalue weighted by Gasteiger charge is -2.38. The third-order valence-electron chi connectivity index (χ3n) is 4.27. The van der Waals surface area contributed by atoms with E-state index in [2.05, 4.69) is 4.90 Å². The van der Waals surface area contributed by atoms with Gasteiger partial charge in [-0.05, 0) is 40.2 Å². The van der Waals surface area contributed by atoms with E-state index < -0.39 is 5.60 Å². The predicted octanol–water partition coefficient (Wildman–Crippen LogP) is 1.33. The van der Waals surface area contributed by atoms with Gasteiger partial charge in [0.2, 0.25) is 0 Å². The Hall–Kier alpha value is -0.850. The predicted molar refractivity (Wildman–Crippen MR) is 83.8 cm³/mol. The van der Waals surface area contributed by atoms with E-state index in [1.54, 1.807) is 4.90 Å². The van der Waals surface area contributed by atoms with E-state index in [9.17, 15) is 9.90 Å². The van der Waals surface area contributed by atoms with Crippen molar-refractivity contribution in [1.82, 2.24) is 9.80 Å². The van der Waals surface area contributed by atoms with Crippen LogP contribution in [0.4, 0.5) is 4.79 Å². The first-order valence-electron chi connectivity index (χ1n) is 8.31. The van der Waals surface area contributed by atoms with E-state index in [0.29, 0.717) is 19.5 Å². The number of ether oxygens (including phenoxy) is 2. The van der Waals surface area contributed by atoms with E-state index in [1.165, 1.54) is 0 Å². The summed E-state index contributed by atoms with van der Waals surface area (Å²) in [5.74, 6) is 0.129. The molecule has 22 heavy (non-hydrogen) atoms. The van der Waals surface area contributed by atoms with Crippen LogP contribution >= 0.6 is 0 Å². The maximum Gasteiger partial charge on any atom is 0.410 e. The van der Waals surface area contributed by atoms with Crippen LogP contribution in [-0.2, 0) is 9.47 Å². The van der Waals surface area contributed by atoms with Crippen LogP contribution in [-0.4, -0.2) is 78.6 Å². The van der Waals surface area contributed by atoms with Crippen LogP contribution in [0.5, 0.6) is 0 Å². The number of piperidine rings is 1. The molecule has 2 saturated heterocycles. The molecule has 128 valence electrons. The molecule has 2 fully saturated rings. The van der Waals surface area contributed by atoms with Gasteiger partial charge in [0, 0.05) is 32.1 Å². The van der Waals surface area contributed by atoms with Crippen LogP contribution in [0.1, 0.15) is 33.6 Å². The van der Waals surface area contributed by atoms with Crippen LogP contribution < -0.4 is 0 Å². The number of rotatable bonds is 3. The second kappa shape index (κ2) is 7.62. The third-order valence-corrected chi connectivity index (χ3v) is 4.27. The topological polar surface area (TPSA) is 62.2 Å². The van der Waals surface area contributed by atoms with Crippen molar-refractivity contribution in [3.63, 3.8) is 0 Å². The van der Waals surface area contributed by atoms with Crippen molar-refractivity contribution >= 4 is 6.09 Å². The Labute approximate surface area is 133 Å². The molecule has 2 rings (SSSR count). The van der Waals surface area contributed by atoms with Gasteiger partial charge >= 0.3 is 6.09 Å². The molecule has 0 bridgehead atoms. The standard InChI is InChI=1S/C16H30N2O4/c1-16(2,3)22-15(20)18-7-5-14(19)13(12-18)4-6-17-8-10-21-11-9-17/h13-14,19H,4-12H2,1-3H3. The largest absolute Gasteiger partial charge is 0.444 e. The second-order valence-corrected chi connectivity index (χ2v) is 7.29. The molecule has 2 atom stereocenters. The smallest absolute Gasteiger partial charge is 0.410 e. The van der Waals surface area contributed by atoms with E-state index in [1.807, 2.05) is 20.8 Å². The Bertz CT molecular complexity index is 364. The third kappa shape index (κ3) is 5.41. The van der Waals surface area contributed by atoms with Gasteiger partial charge in [0.25, 0.3) is 0 Å². The van der Waals surface area contributed by atoms with Crippen LogP contribution in [0.15, 0.2) is 0 Å². The molecule has 6 heteroatoms. The molecule has 0 radical (unpaired) electrons. The molecule has 0 aromatic carbocycles. The van der Waals surface area contributed by atoms with Crippen molar-refractivity contribution < 1.29 is 19.4 Å². The molecule has 2 unspecified atom stereocenters. The highest BCUT2D eigenvalue weighted by Crippen LogP contribution is 2.22. The fraction of sp³-hybridized carbons (Fsp3) is 0.938. The normalized spacial score (nSPS) is 27.7. The summed E-state index contributed by atoms with van der Waals surface area (Å²) in [6.07, 6.45) is 0.948. The average Bonchev–Trinajstić information content (AvgIpc) is 2.45. The van der Waals surface area contributed by atoms with E-state index in [-0.39, 0.29) is 18.1 Å². The molecule has 2 aliphatic heterocycles. The maximum absolute atomic E-state index is 12.2. The summed E-state index contributed by atoms with van der Waals surface area (Å²) in [5, 5.41) is 10.2. The maximum atomic E-state index is 12.2. The molecule has 0 saturated carbocycles. The number of morpholine rings is 1. The number of hydrogen-bond donors (Lipinski definition) is 1. The minimum absolute atomic E-state index is 0.129. The Balaban J connectivity index is 1.81. The number of aliphatic hydroxyl groups excluding tert-OH is 1. The lowest BCUT2D eigenvalue weighted by atomic mass is 9.91. The summed E-state index contributed by atoms with van der Waals surface area (Å²) in [6.45, 7) is 11.2.